The molecule has 0 fully saturated rings. The molecule has 0 aromatic heterocycles. The maximum Gasteiger partial charge on any atom is 0.219 e. The summed E-state index contributed by atoms with van der Waals surface area (Å²) in [7, 11) is 0. The van der Waals surface area contributed by atoms with Crippen LogP contribution in [-0.2, 0) is 11.3 Å². The number of carbonyl (C=O) groups excluding carboxylic acids is 1. The summed E-state index contributed by atoms with van der Waals surface area (Å²) in [5.74, 6) is -0.800. The largest absolute Gasteiger partial charge is 0.370 e. The van der Waals surface area contributed by atoms with Gasteiger partial charge in [0.25, 0.3) is 0 Å². The van der Waals surface area contributed by atoms with E-state index in [9.17, 15) is 9.18 Å². The molecule has 0 radical (unpaired) electrons. The zero-order valence-electron chi connectivity index (χ0n) is 10.5. The zero-order valence-corrected chi connectivity index (χ0v) is 10.5. The highest BCUT2D eigenvalue weighted by Gasteiger charge is 2.20. The zero-order chi connectivity index (χ0) is 13.8. The van der Waals surface area contributed by atoms with Gasteiger partial charge in [0.1, 0.15) is 5.82 Å². The summed E-state index contributed by atoms with van der Waals surface area (Å²) in [5.41, 5.74) is 5.62. The molecule has 0 saturated carbocycles. The summed E-state index contributed by atoms with van der Waals surface area (Å²) < 4.78 is 13.1. The fourth-order valence-corrected chi connectivity index (χ4v) is 1.65. The molecule has 0 unspecified atom stereocenters. The van der Waals surface area contributed by atoms with Gasteiger partial charge in [0.05, 0.1) is 11.6 Å². The van der Waals surface area contributed by atoms with Crippen molar-refractivity contribution >= 4 is 5.91 Å². The molecule has 0 saturated heterocycles. The van der Waals surface area contributed by atoms with Crippen LogP contribution in [0.3, 0.4) is 0 Å². The average Bonchev–Trinajstić information content (AvgIpc) is 2.25. The Morgan fingerprint density at radius 2 is 2.22 bits per heavy atom. The normalized spacial score (nSPS) is 11.0. The fraction of sp³-hybridized carbons (Fsp3) is 0.385. The van der Waals surface area contributed by atoms with E-state index in [1.807, 2.05) is 19.9 Å². The predicted molar refractivity (Wildman–Crippen MR) is 65.8 cm³/mol. The number of benzene rings is 1. The highest BCUT2D eigenvalue weighted by Crippen LogP contribution is 2.13. The van der Waals surface area contributed by atoms with Gasteiger partial charge in [-0.05, 0) is 37.6 Å². The summed E-state index contributed by atoms with van der Waals surface area (Å²) in [6, 6.07) is 6.00. The lowest BCUT2D eigenvalue weighted by atomic mass is 9.99. The number of carbonyl (C=O) groups is 1. The van der Waals surface area contributed by atoms with Crippen molar-refractivity contribution in [3.8, 4) is 6.07 Å². The molecule has 0 heterocycles. The van der Waals surface area contributed by atoms with E-state index in [4.69, 9.17) is 11.0 Å². The molecule has 5 heteroatoms. The lowest BCUT2D eigenvalue weighted by Crippen LogP contribution is -2.42. The highest BCUT2D eigenvalue weighted by atomic mass is 19.1. The fourth-order valence-electron chi connectivity index (χ4n) is 1.65. The van der Waals surface area contributed by atoms with Crippen LogP contribution in [0.15, 0.2) is 18.2 Å². The molecule has 96 valence electrons. The number of nitrogens with two attached hydrogens (primary N) is 1. The maximum atomic E-state index is 13.1. The number of rotatable bonds is 5. The molecule has 0 aliphatic rings. The third-order valence-electron chi connectivity index (χ3n) is 2.56. The van der Waals surface area contributed by atoms with Crippen LogP contribution in [0.5, 0.6) is 0 Å². The number of nitrogens with zero attached hydrogens (tertiary/aromatic N) is 1. The number of hydrogen-bond donors (Lipinski definition) is 2. The minimum Gasteiger partial charge on any atom is -0.370 e. The van der Waals surface area contributed by atoms with Gasteiger partial charge in [-0.15, -0.1) is 0 Å². The van der Waals surface area contributed by atoms with Gasteiger partial charge in [-0.1, -0.05) is 0 Å². The van der Waals surface area contributed by atoms with Gasteiger partial charge in [0, 0.05) is 18.5 Å². The molecule has 1 aromatic carbocycles. The summed E-state index contributed by atoms with van der Waals surface area (Å²) in [6.45, 7) is 3.95. The molecule has 18 heavy (non-hydrogen) atoms. The third-order valence-corrected chi connectivity index (χ3v) is 2.56. The first-order chi connectivity index (χ1) is 8.34. The van der Waals surface area contributed by atoms with E-state index in [0.29, 0.717) is 17.7 Å². The van der Waals surface area contributed by atoms with Crippen LogP contribution in [-0.4, -0.2) is 11.4 Å². The second-order valence-corrected chi connectivity index (χ2v) is 4.79. The second kappa shape index (κ2) is 5.61. The second-order valence-electron chi connectivity index (χ2n) is 4.79. The first-order valence-electron chi connectivity index (χ1n) is 5.56. The van der Waals surface area contributed by atoms with E-state index in [0.717, 1.165) is 0 Å². The van der Waals surface area contributed by atoms with Gasteiger partial charge in [0.2, 0.25) is 5.91 Å². The Morgan fingerprint density at radius 1 is 1.56 bits per heavy atom. The van der Waals surface area contributed by atoms with Crippen molar-refractivity contribution in [2.24, 2.45) is 5.73 Å². The van der Waals surface area contributed by atoms with Gasteiger partial charge < -0.3 is 11.1 Å². The van der Waals surface area contributed by atoms with Gasteiger partial charge in [-0.3, -0.25) is 4.79 Å². The smallest absolute Gasteiger partial charge is 0.219 e. The number of nitriles is 1. The molecular weight excluding hydrogens is 233 g/mol. The predicted octanol–water partition coefficient (Wildman–Crippen LogP) is 1.44. The minimum atomic E-state index is -0.495. The van der Waals surface area contributed by atoms with Crippen molar-refractivity contribution < 1.29 is 9.18 Å². The van der Waals surface area contributed by atoms with Crippen molar-refractivity contribution in [3.63, 3.8) is 0 Å². The molecule has 1 rings (SSSR count). The van der Waals surface area contributed by atoms with Crippen molar-refractivity contribution in [1.82, 2.24) is 5.32 Å². The molecule has 3 N–H and O–H groups in total. The lowest BCUT2D eigenvalue weighted by molar-refractivity contribution is -0.119. The lowest BCUT2D eigenvalue weighted by Gasteiger charge is -2.25. The van der Waals surface area contributed by atoms with Crippen molar-refractivity contribution in [1.29, 1.82) is 5.26 Å². The minimum absolute atomic E-state index is 0.171. The van der Waals surface area contributed by atoms with E-state index in [-0.39, 0.29) is 6.42 Å². The molecule has 0 aliphatic carbocycles. The molecule has 0 aliphatic heterocycles. The highest BCUT2D eigenvalue weighted by molar-refractivity contribution is 5.75. The molecular formula is C13H16FN3O. The first-order valence-corrected chi connectivity index (χ1v) is 5.56. The van der Waals surface area contributed by atoms with Gasteiger partial charge in [-0.2, -0.15) is 5.26 Å². The number of primary amides is 1. The SMILES string of the molecule is CC(C)(CC(N)=O)NCc1cc(F)ccc1C#N. The Kier molecular flexibility index (Phi) is 4.40. The van der Waals surface area contributed by atoms with Gasteiger partial charge in [-0.25, -0.2) is 4.39 Å². The molecule has 0 bridgehead atoms. The Labute approximate surface area is 106 Å². The van der Waals surface area contributed by atoms with E-state index in [2.05, 4.69) is 5.32 Å². The van der Waals surface area contributed by atoms with Crippen molar-refractivity contribution in [2.45, 2.75) is 32.4 Å². The monoisotopic (exact) mass is 249 g/mol. The van der Waals surface area contributed by atoms with Gasteiger partial charge >= 0.3 is 0 Å². The molecule has 0 atom stereocenters. The first kappa shape index (κ1) is 14.1. The topological polar surface area (TPSA) is 78.9 Å². The number of amides is 1. The van der Waals surface area contributed by atoms with E-state index in [1.165, 1.54) is 18.2 Å². The van der Waals surface area contributed by atoms with Crippen LogP contribution >= 0.6 is 0 Å². The van der Waals surface area contributed by atoms with Crippen LogP contribution in [0, 0.1) is 17.1 Å². The summed E-state index contributed by atoms with van der Waals surface area (Å²) >= 11 is 0. The van der Waals surface area contributed by atoms with Crippen molar-refractivity contribution in [2.75, 3.05) is 0 Å². The number of nitrogens with one attached hydrogen (secondary N) is 1. The third kappa shape index (κ3) is 4.15. The quantitative estimate of drug-likeness (QED) is 0.828. The maximum absolute atomic E-state index is 13.1. The molecule has 4 nitrogen and oxygen atoms in total. The standard InChI is InChI=1S/C13H16FN3O/c1-13(2,6-12(16)18)17-8-10-5-11(14)4-3-9(10)7-15/h3-5,17H,6,8H2,1-2H3,(H2,16,18). The van der Waals surface area contributed by atoms with Crippen molar-refractivity contribution in [3.05, 3.63) is 35.1 Å². The number of hydrogen-bond acceptors (Lipinski definition) is 3. The summed E-state index contributed by atoms with van der Waals surface area (Å²) in [5, 5.41) is 12.0. The van der Waals surface area contributed by atoms with E-state index in [1.54, 1.807) is 0 Å². The van der Waals surface area contributed by atoms with E-state index < -0.39 is 17.3 Å². The van der Waals surface area contributed by atoms with Crippen LogP contribution < -0.4 is 11.1 Å². The van der Waals surface area contributed by atoms with E-state index >= 15 is 0 Å². The Balaban J connectivity index is 2.77. The summed E-state index contributed by atoms with van der Waals surface area (Å²) in [4.78, 5) is 10.9. The molecule has 0 spiro atoms. The average molecular weight is 249 g/mol. The summed E-state index contributed by atoms with van der Waals surface area (Å²) in [6.07, 6.45) is 0.171. The Morgan fingerprint density at radius 3 is 2.78 bits per heavy atom. The Hall–Kier alpha value is -1.93. The molecule has 1 amide bonds. The van der Waals surface area contributed by atoms with Gasteiger partial charge in [0.15, 0.2) is 0 Å². The van der Waals surface area contributed by atoms with Crippen LogP contribution in [0.2, 0.25) is 0 Å². The Bertz CT molecular complexity index is 491. The number of halogens is 1. The van der Waals surface area contributed by atoms with Crippen LogP contribution in [0.4, 0.5) is 4.39 Å². The van der Waals surface area contributed by atoms with Crippen LogP contribution in [0.1, 0.15) is 31.4 Å². The molecule has 1 aromatic rings. The van der Waals surface area contributed by atoms with Crippen LogP contribution in [0.25, 0.3) is 0 Å².